The van der Waals surface area contributed by atoms with Crippen molar-refractivity contribution in [1.29, 1.82) is 0 Å². The third-order valence-electron chi connectivity index (χ3n) is 7.30. The van der Waals surface area contributed by atoms with Crippen LogP contribution in [0.2, 0.25) is 0 Å². The number of benzene rings is 2. The lowest BCUT2D eigenvalue weighted by atomic mass is 9.82. The standard InChI is InChI=1S/C33H44N2O4S/c1-7-8-15-28-34-33(20-10-9-11-21-33)29(36)35(28)23-24-16-18-26(19-17-24)40-27-14-12-13-25(22-27)38-32(5,6)30(37)39-31(2,3)4/h12-14,16-19,22H,7-11,15,20-21,23H2,1-6H3. The number of carbonyl (C=O) groups is 2. The maximum absolute atomic E-state index is 13.6. The molecule has 1 aliphatic heterocycles. The first kappa shape index (κ1) is 30.2. The van der Waals surface area contributed by atoms with Crippen molar-refractivity contribution in [3.63, 3.8) is 0 Å². The molecule has 4 rings (SSSR count). The Morgan fingerprint density at radius 1 is 1.00 bits per heavy atom. The Hall–Kier alpha value is -2.80. The normalized spacial score (nSPS) is 17.2. The van der Waals surface area contributed by atoms with E-state index in [1.54, 1.807) is 25.6 Å². The summed E-state index contributed by atoms with van der Waals surface area (Å²) in [5.41, 5.74) is -1.10. The van der Waals surface area contributed by atoms with Gasteiger partial charge in [0.2, 0.25) is 0 Å². The maximum Gasteiger partial charge on any atom is 0.350 e. The van der Waals surface area contributed by atoms with E-state index in [1.807, 2.05) is 49.9 Å². The number of hydrogen-bond donors (Lipinski definition) is 0. The highest BCUT2D eigenvalue weighted by Gasteiger charge is 2.48. The molecule has 0 aromatic heterocycles. The molecule has 2 aliphatic rings. The molecule has 2 aromatic carbocycles. The fourth-order valence-corrected chi connectivity index (χ4v) is 6.06. The molecule has 6 nitrogen and oxygen atoms in total. The molecular formula is C33H44N2O4S. The second kappa shape index (κ2) is 12.4. The average molecular weight is 565 g/mol. The molecule has 1 spiro atoms. The summed E-state index contributed by atoms with van der Waals surface area (Å²) >= 11 is 1.63. The molecule has 1 aliphatic carbocycles. The monoisotopic (exact) mass is 564 g/mol. The van der Waals surface area contributed by atoms with Crippen LogP contribution in [0.5, 0.6) is 5.75 Å². The first-order valence-corrected chi connectivity index (χ1v) is 15.4. The maximum atomic E-state index is 13.6. The smallest absolute Gasteiger partial charge is 0.350 e. The van der Waals surface area contributed by atoms with Gasteiger partial charge in [-0.25, -0.2) is 4.79 Å². The summed E-state index contributed by atoms with van der Waals surface area (Å²) in [5, 5.41) is 0. The minimum atomic E-state index is -1.11. The van der Waals surface area contributed by atoms with Gasteiger partial charge >= 0.3 is 5.97 Å². The summed E-state index contributed by atoms with van der Waals surface area (Å²) in [6, 6.07) is 16.1. The number of esters is 1. The molecule has 1 heterocycles. The Morgan fingerprint density at radius 3 is 2.35 bits per heavy atom. The van der Waals surface area contributed by atoms with E-state index >= 15 is 0 Å². The summed E-state index contributed by atoms with van der Waals surface area (Å²) in [6.07, 6.45) is 8.13. The molecule has 0 atom stereocenters. The first-order chi connectivity index (χ1) is 18.9. The van der Waals surface area contributed by atoms with E-state index in [0.29, 0.717) is 12.3 Å². The molecule has 0 radical (unpaired) electrons. The van der Waals surface area contributed by atoms with Crippen LogP contribution in [0.15, 0.2) is 63.3 Å². The number of carbonyl (C=O) groups excluding carboxylic acids is 2. The van der Waals surface area contributed by atoms with Gasteiger partial charge in [0.1, 0.15) is 22.7 Å². The first-order valence-electron chi connectivity index (χ1n) is 14.6. The van der Waals surface area contributed by atoms with Gasteiger partial charge in [0.15, 0.2) is 5.60 Å². The highest BCUT2D eigenvalue weighted by molar-refractivity contribution is 7.99. The van der Waals surface area contributed by atoms with Crippen molar-refractivity contribution in [1.82, 2.24) is 4.90 Å². The van der Waals surface area contributed by atoms with Crippen LogP contribution in [-0.2, 0) is 20.9 Å². The topological polar surface area (TPSA) is 68.2 Å². The zero-order chi connectivity index (χ0) is 29.0. The zero-order valence-electron chi connectivity index (χ0n) is 24.9. The van der Waals surface area contributed by atoms with Crippen LogP contribution in [-0.4, -0.2) is 39.4 Å². The number of hydrogen-bond acceptors (Lipinski definition) is 6. The van der Waals surface area contributed by atoms with Gasteiger partial charge in [-0.2, -0.15) is 0 Å². The lowest BCUT2D eigenvalue weighted by Crippen LogP contribution is -2.43. The van der Waals surface area contributed by atoms with Crippen molar-refractivity contribution in [3.05, 3.63) is 54.1 Å². The second-order valence-corrected chi connectivity index (χ2v) is 13.6. The van der Waals surface area contributed by atoms with Crippen LogP contribution in [0.3, 0.4) is 0 Å². The summed E-state index contributed by atoms with van der Waals surface area (Å²) in [6.45, 7) is 11.7. The highest BCUT2D eigenvalue weighted by atomic mass is 32.2. The van der Waals surface area contributed by atoms with Crippen LogP contribution in [0.25, 0.3) is 0 Å². The number of aliphatic imine (C=N–C) groups is 1. The van der Waals surface area contributed by atoms with Crippen LogP contribution in [0, 0.1) is 0 Å². The number of rotatable bonds is 10. The number of ether oxygens (including phenoxy) is 2. The summed E-state index contributed by atoms with van der Waals surface area (Å²) < 4.78 is 11.6. The van der Waals surface area contributed by atoms with Gasteiger partial charge in [0.25, 0.3) is 5.91 Å². The van der Waals surface area contributed by atoms with E-state index in [2.05, 4.69) is 31.2 Å². The predicted molar refractivity (Wildman–Crippen MR) is 161 cm³/mol. The fraction of sp³-hybridized carbons (Fsp3) is 0.545. The Balaban J connectivity index is 1.41. The molecule has 216 valence electrons. The van der Waals surface area contributed by atoms with Gasteiger partial charge in [0.05, 0.1) is 6.54 Å². The van der Waals surface area contributed by atoms with E-state index in [1.165, 1.54) is 6.42 Å². The van der Waals surface area contributed by atoms with Crippen molar-refractivity contribution in [2.45, 2.75) is 126 Å². The van der Waals surface area contributed by atoms with Gasteiger partial charge < -0.3 is 9.47 Å². The number of nitrogens with zero attached hydrogens (tertiary/aromatic N) is 2. The molecule has 1 fully saturated rings. The second-order valence-electron chi connectivity index (χ2n) is 12.5. The number of unbranched alkanes of at least 4 members (excludes halogenated alkanes) is 1. The van der Waals surface area contributed by atoms with Crippen LogP contribution in [0.4, 0.5) is 0 Å². The summed E-state index contributed by atoms with van der Waals surface area (Å²) in [5.74, 6) is 1.38. The molecule has 0 bridgehead atoms. The molecular weight excluding hydrogens is 520 g/mol. The van der Waals surface area contributed by atoms with Crippen molar-refractivity contribution in [2.24, 2.45) is 4.99 Å². The number of amides is 1. The van der Waals surface area contributed by atoms with Gasteiger partial charge in [-0.15, -0.1) is 0 Å². The van der Waals surface area contributed by atoms with E-state index in [-0.39, 0.29) is 5.91 Å². The van der Waals surface area contributed by atoms with Gasteiger partial charge in [0, 0.05) is 16.2 Å². The lowest BCUT2D eigenvalue weighted by Gasteiger charge is -2.29. The third-order valence-corrected chi connectivity index (χ3v) is 8.30. The SMILES string of the molecule is CCCCC1=NC2(CCCCC2)C(=O)N1Cc1ccc(Sc2cccc(OC(C)(C)C(=O)OC(C)(C)C)c2)cc1. The molecule has 1 amide bonds. The van der Waals surface area contributed by atoms with E-state index in [9.17, 15) is 9.59 Å². The summed E-state index contributed by atoms with van der Waals surface area (Å²) in [7, 11) is 0. The molecule has 0 unspecified atom stereocenters. The lowest BCUT2D eigenvalue weighted by molar-refractivity contribution is -0.170. The number of amidine groups is 1. The molecule has 1 saturated carbocycles. The molecule has 0 saturated heterocycles. The quantitative estimate of drug-likeness (QED) is 0.274. The zero-order valence-corrected chi connectivity index (χ0v) is 25.7. The molecule has 40 heavy (non-hydrogen) atoms. The van der Waals surface area contributed by atoms with Crippen molar-refractivity contribution < 1.29 is 19.1 Å². The van der Waals surface area contributed by atoms with Crippen LogP contribution >= 0.6 is 11.8 Å². The highest BCUT2D eigenvalue weighted by Crippen LogP contribution is 2.39. The molecule has 0 N–H and O–H groups in total. The van der Waals surface area contributed by atoms with E-state index < -0.39 is 22.7 Å². The van der Waals surface area contributed by atoms with Gasteiger partial charge in [-0.1, -0.05) is 62.6 Å². The Morgan fingerprint density at radius 2 is 1.70 bits per heavy atom. The van der Waals surface area contributed by atoms with E-state index in [4.69, 9.17) is 14.5 Å². The van der Waals surface area contributed by atoms with E-state index in [0.717, 1.165) is 66.1 Å². The Bertz CT molecular complexity index is 1220. The van der Waals surface area contributed by atoms with Crippen molar-refractivity contribution in [2.75, 3.05) is 0 Å². The Kier molecular flexibility index (Phi) is 9.33. The van der Waals surface area contributed by atoms with Crippen molar-refractivity contribution in [3.8, 4) is 5.75 Å². The predicted octanol–water partition coefficient (Wildman–Crippen LogP) is 7.97. The molecule has 7 heteroatoms. The fourth-order valence-electron chi connectivity index (χ4n) is 5.19. The largest absolute Gasteiger partial charge is 0.476 e. The van der Waals surface area contributed by atoms with Crippen LogP contribution < -0.4 is 4.74 Å². The van der Waals surface area contributed by atoms with Gasteiger partial charge in [-0.3, -0.25) is 14.7 Å². The minimum Gasteiger partial charge on any atom is -0.476 e. The van der Waals surface area contributed by atoms with Gasteiger partial charge in [-0.05, 0) is 89.8 Å². The van der Waals surface area contributed by atoms with Crippen LogP contribution in [0.1, 0.15) is 98.5 Å². The Labute approximate surface area is 243 Å². The molecule has 2 aromatic rings. The third kappa shape index (κ3) is 7.48. The van der Waals surface area contributed by atoms with Crippen molar-refractivity contribution >= 4 is 29.5 Å². The average Bonchev–Trinajstić information content (AvgIpc) is 3.13. The minimum absolute atomic E-state index is 0.197. The summed E-state index contributed by atoms with van der Waals surface area (Å²) in [4.78, 5) is 35.3.